The Labute approximate surface area is 172 Å². The number of amides is 1. The van der Waals surface area contributed by atoms with Crippen molar-refractivity contribution >= 4 is 11.6 Å². The maximum absolute atomic E-state index is 13.0. The molecule has 0 bridgehead atoms. The van der Waals surface area contributed by atoms with Gasteiger partial charge in [-0.2, -0.15) is 0 Å². The molecule has 29 heavy (non-hydrogen) atoms. The van der Waals surface area contributed by atoms with Gasteiger partial charge in [0, 0.05) is 37.9 Å². The summed E-state index contributed by atoms with van der Waals surface area (Å²) in [6.45, 7) is 5.35. The Kier molecular flexibility index (Phi) is 6.02. The maximum atomic E-state index is 13.0. The number of benzene rings is 2. The second kappa shape index (κ2) is 8.84. The molecule has 2 N–H and O–H groups in total. The molecular formula is C23H30N4O2. The Bertz CT molecular complexity index is 814. The number of hydrogen-bond donors (Lipinski definition) is 2. The molecule has 0 radical (unpaired) electrons. The van der Waals surface area contributed by atoms with Crippen LogP contribution in [-0.4, -0.2) is 50.1 Å². The van der Waals surface area contributed by atoms with E-state index in [1.165, 1.54) is 16.8 Å². The Hall–Kier alpha value is -2.57. The lowest BCUT2D eigenvalue weighted by Crippen LogP contribution is -2.53. The van der Waals surface area contributed by atoms with E-state index in [1.807, 2.05) is 17.0 Å². The minimum atomic E-state index is -0.168. The summed E-state index contributed by atoms with van der Waals surface area (Å²) >= 11 is 0. The van der Waals surface area contributed by atoms with Crippen molar-refractivity contribution in [2.45, 2.75) is 31.8 Å². The van der Waals surface area contributed by atoms with Gasteiger partial charge in [0.15, 0.2) is 0 Å². The van der Waals surface area contributed by atoms with Crippen LogP contribution < -0.4 is 20.5 Å². The topological polar surface area (TPSA) is 56.8 Å². The zero-order valence-electron chi connectivity index (χ0n) is 17.2. The number of anilines is 1. The van der Waals surface area contributed by atoms with Crippen molar-refractivity contribution < 1.29 is 9.53 Å². The standard InChI is InChI=1S/C23H30N4O2/c1-3-17-4-6-18(7-5-17)21-16-22(25-24-21)23(28)27-14-12-26(13-15-27)19-8-10-20(29-2)11-9-19/h4-11,21-22,24-25H,3,12-16H2,1-2H3. The normalized spacial score (nSPS) is 22.0. The van der Waals surface area contributed by atoms with Crippen LogP contribution in [0.15, 0.2) is 48.5 Å². The number of methoxy groups -OCH3 is 1. The third kappa shape index (κ3) is 4.38. The van der Waals surface area contributed by atoms with Crippen LogP contribution in [0, 0.1) is 0 Å². The van der Waals surface area contributed by atoms with E-state index in [-0.39, 0.29) is 18.0 Å². The van der Waals surface area contributed by atoms with Gasteiger partial charge in [-0.1, -0.05) is 31.2 Å². The zero-order valence-corrected chi connectivity index (χ0v) is 17.2. The summed E-state index contributed by atoms with van der Waals surface area (Å²) in [4.78, 5) is 17.3. The predicted octanol–water partition coefficient (Wildman–Crippen LogP) is 2.51. The zero-order chi connectivity index (χ0) is 20.2. The lowest BCUT2D eigenvalue weighted by molar-refractivity contribution is -0.133. The summed E-state index contributed by atoms with van der Waals surface area (Å²) < 4.78 is 5.23. The van der Waals surface area contributed by atoms with Crippen LogP contribution in [-0.2, 0) is 11.2 Å². The molecule has 1 amide bonds. The van der Waals surface area contributed by atoms with Crippen LogP contribution in [0.2, 0.25) is 0 Å². The summed E-state index contributed by atoms with van der Waals surface area (Å²) in [7, 11) is 1.68. The Balaban J connectivity index is 1.30. The molecule has 2 heterocycles. The minimum Gasteiger partial charge on any atom is -0.497 e. The summed E-state index contributed by atoms with van der Waals surface area (Å²) in [6.07, 6.45) is 1.82. The van der Waals surface area contributed by atoms with E-state index in [4.69, 9.17) is 4.74 Å². The first-order chi connectivity index (χ1) is 14.2. The molecule has 2 aliphatic rings. The van der Waals surface area contributed by atoms with Gasteiger partial charge in [-0.15, -0.1) is 0 Å². The number of nitrogens with zero attached hydrogens (tertiary/aromatic N) is 2. The molecule has 0 spiro atoms. The monoisotopic (exact) mass is 394 g/mol. The molecule has 6 heteroatoms. The van der Waals surface area contributed by atoms with Gasteiger partial charge in [-0.25, -0.2) is 10.9 Å². The fourth-order valence-corrected chi connectivity index (χ4v) is 4.12. The Morgan fingerprint density at radius 1 is 1.00 bits per heavy atom. The molecule has 0 saturated carbocycles. The maximum Gasteiger partial charge on any atom is 0.241 e. The number of carbonyl (C=O) groups is 1. The van der Waals surface area contributed by atoms with E-state index in [9.17, 15) is 4.79 Å². The van der Waals surface area contributed by atoms with E-state index < -0.39 is 0 Å². The SMILES string of the molecule is CCc1ccc(C2CC(C(=O)N3CCN(c4ccc(OC)cc4)CC3)NN2)cc1. The quantitative estimate of drug-likeness (QED) is 0.816. The van der Waals surface area contributed by atoms with Gasteiger partial charge in [0.1, 0.15) is 11.8 Å². The van der Waals surface area contributed by atoms with Crippen molar-refractivity contribution in [1.82, 2.24) is 15.8 Å². The molecule has 154 valence electrons. The van der Waals surface area contributed by atoms with Gasteiger partial charge in [-0.3, -0.25) is 4.79 Å². The molecule has 6 nitrogen and oxygen atoms in total. The molecule has 0 aromatic heterocycles. The molecular weight excluding hydrogens is 364 g/mol. The highest BCUT2D eigenvalue weighted by Gasteiger charge is 2.34. The highest BCUT2D eigenvalue weighted by atomic mass is 16.5. The number of rotatable bonds is 5. The molecule has 2 aromatic carbocycles. The van der Waals surface area contributed by atoms with Crippen LogP contribution in [0.4, 0.5) is 5.69 Å². The first-order valence-electron chi connectivity index (χ1n) is 10.5. The van der Waals surface area contributed by atoms with Crippen molar-refractivity contribution in [3.8, 4) is 5.75 Å². The third-order valence-electron chi connectivity index (χ3n) is 6.02. The second-order valence-electron chi connectivity index (χ2n) is 7.74. The summed E-state index contributed by atoms with van der Waals surface area (Å²) in [5.41, 5.74) is 10.3. The molecule has 4 rings (SSSR count). The second-order valence-corrected chi connectivity index (χ2v) is 7.74. The van der Waals surface area contributed by atoms with Gasteiger partial charge >= 0.3 is 0 Å². The minimum absolute atomic E-state index is 0.168. The Morgan fingerprint density at radius 2 is 1.69 bits per heavy atom. The molecule has 2 unspecified atom stereocenters. The molecule has 2 aromatic rings. The number of aryl methyl sites for hydroxylation is 1. The first kappa shape index (κ1) is 19.7. The van der Waals surface area contributed by atoms with E-state index in [1.54, 1.807) is 7.11 Å². The van der Waals surface area contributed by atoms with Crippen molar-refractivity contribution in [2.75, 3.05) is 38.2 Å². The molecule has 2 aliphatic heterocycles. The van der Waals surface area contributed by atoms with Gasteiger partial charge in [0.25, 0.3) is 0 Å². The van der Waals surface area contributed by atoms with Gasteiger partial charge in [-0.05, 0) is 48.2 Å². The number of nitrogens with one attached hydrogen (secondary N) is 2. The molecule has 2 fully saturated rings. The first-order valence-corrected chi connectivity index (χ1v) is 10.5. The molecule has 2 atom stereocenters. The number of carbonyl (C=O) groups excluding carboxylic acids is 1. The highest BCUT2D eigenvalue weighted by molar-refractivity contribution is 5.82. The summed E-state index contributed by atoms with van der Waals surface area (Å²) in [6, 6.07) is 16.8. The smallest absolute Gasteiger partial charge is 0.241 e. The largest absolute Gasteiger partial charge is 0.497 e. The van der Waals surface area contributed by atoms with Crippen molar-refractivity contribution in [3.05, 3.63) is 59.7 Å². The fourth-order valence-electron chi connectivity index (χ4n) is 4.12. The number of hydrogen-bond acceptors (Lipinski definition) is 5. The van der Waals surface area contributed by atoms with Gasteiger partial charge < -0.3 is 14.5 Å². The lowest BCUT2D eigenvalue weighted by Gasteiger charge is -2.37. The van der Waals surface area contributed by atoms with E-state index in [0.717, 1.165) is 44.8 Å². The van der Waals surface area contributed by atoms with Crippen molar-refractivity contribution in [2.24, 2.45) is 0 Å². The average molecular weight is 395 g/mol. The third-order valence-corrected chi connectivity index (χ3v) is 6.02. The van der Waals surface area contributed by atoms with Crippen LogP contribution in [0.25, 0.3) is 0 Å². The van der Waals surface area contributed by atoms with Crippen LogP contribution >= 0.6 is 0 Å². The van der Waals surface area contributed by atoms with Crippen LogP contribution in [0.3, 0.4) is 0 Å². The van der Waals surface area contributed by atoms with E-state index >= 15 is 0 Å². The number of hydrazine groups is 1. The predicted molar refractivity (Wildman–Crippen MR) is 115 cm³/mol. The molecule has 0 aliphatic carbocycles. The fraction of sp³-hybridized carbons (Fsp3) is 0.435. The lowest BCUT2D eigenvalue weighted by atomic mass is 9.99. The molecule has 2 saturated heterocycles. The highest BCUT2D eigenvalue weighted by Crippen LogP contribution is 2.25. The van der Waals surface area contributed by atoms with Crippen molar-refractivity contribution in [3.63, 3.8) is 0 Å². The average Bonchev–Trinajstić information content (AvgIpc) is 3.29. The summed E-state index contributed by atoms with van der Waals surface area (Å²) in [5.74, 6) is 1.06. The van der Waals surface area contributed by atoms with Crippen LogP contribution in [0.5, 0.6) is 5.75 Å². The van der Waals surface area contributed by atoms with Gasteiger partial charge in [0.2, 0.25) is 5.91 Å². The van der Waals surface area contributed by atoms with Gasteiger partial charge in [0.05, 0.1) is 7.11 Å². The Morgan fingerprint density at radius 3 is 2.31 bits per heavy atom. The number of ether oxygens (including phenoxy) is 1. The van der Waals surface area contributed by atoms with E-state index in [0.29, 0.717) is 0 Å². The number of piperazine rings is 1. The van der Waals surface area contributed by atoms with Crippen molar-refractivity contribution in [1.29, 1.82) is 0 Å². The summed E-state index contributed by atoms with van der Waals surface area (Å²) in [5, 5.41) is 0. The van der Waals surface area contributed by atoms with Crippen LogP contribution in [0.1, 0.15) is 30.5 Å². The van der Waals surface area contributed by atoms with E-state index in [2.05, 4.69) is 59.1 Å².